The highest BCUT2D eigenvalue weighted by Crippen LogP contribution is 2.42. The number of halogens is 3. The molecule has 3 nitrogen and oxygen atoms in total. The Morgan fingerprint density at radius 3 is 2.71 bits per heavy atom. The number of nitriles is 1. The van der Waals surface area contributed by atoms with Crippen LogP contribution in [0.2, 0.25) is 0 Å². The molecule has 1 aliphatic rings. The van der Waals surface area contributed by atoms with E-state index in [1.165, 1.54) is 4.68 Å². The molecule has 0 bridgehead atoms. The van der Waals surface area contributed by atoms with E-state index in [2.05, 4.69) is 5.10 Å². The summed E-state index contributed by atoms with van der Waals surface area (Å²) in [5, 5.41) is 12.3. The minimum atomic E-state index is -4.41. The standard InChI is InChI=1S/C11H12F3N3/c1-7(5-15)6-17-9(8-2-3-8)4-10(16-17)11(12,13)14/h4,7-8H,2-3,6H2,1H3/t7-/m1/s1. The number of hydrogen-bond acceptors (Lipinski definition) is 2. The molecule has 6 heteroatoms. The van der Waals surface area contributed by atoms with Gasteiger partial charge in [-0.3, -0.25) is 4.68 Å². The number of nitrogens with zero attached hydrogens (tertiary/aromatic N) is 3. The molecule has 92 valence electrons. The molecule has 0 amide bonds. The summed E-state index contributed by atoms with van der Waals surface area (Å²) in [5.41, 5.74) is -0.246. The van der Waals surface area contributed by atoms with E-state index >= 15 is 0 Å². The summed E-state index contributed by atoms with van der Waals surface area (Å²) in [5.74, 6) is -0.155. The molecule has 1 saturated carbocycles. The topological polar surface area (TPSA) is 41.6 Å². The van der Waals surface area contributed by atoms with E-state index in [4.69, 9.17) is 5.26 Å². The normalized spacial score (nSPS) is 17.8. The predicted molar refractivity (Wildman–Crippen MR) is 54.0 cm³/mol. The molecule has 0 radical (unpaired) electrons. The molecule has 2 rings (SSSR count). The van der Waals surface area contributed by atoms with Crippen molar-refractivity contribution in [1.29, 1.82) is 5.26 Å². The van der Waals surface area contributed by atoms with Crippen LogP contribution in [0.1, 0.15) is 37.1 Å². The van der Waals surface area contributed by atoms with E-state index in [9.17, 15) is 13.2 Å². The summed E-state index contributed by atoms with van der Waals surface area (Å²) in [6, 6.07) is 3.12. The monoisotopic (exact) mass is 243 g/mol. The number of aromatic nitrogens is 2. The SMILES string of the molecule is C[C@H](C#N)Cn1nc(C(F)(F)F)cc1C1CC1. The summed E-state index contributed by atoms with van der Waals surface area (Å²) in [7, 11) is 0. The smallest absolute Gasteiger partial charge is 0.267 e. The van der Waals surface area contributed by atoms with Crippen LogP contribution in [0.5, 0.6) is 0 Å². The Kier molecular flexibility index (Phi) is 2.86. The highest BCUT2D eigenvalue weighted by atomic mass is 19.4. The van der Waals surface area contributed by atoms with Crippen LogP contribution >= 0.6 is 0 Å². The Hall–Kier alpha value is -1.51. The summed E-state index contributed by atoms with van der Waals surface area (Å²) in [6.07, 6.45) is -2.60. The molecule has 1 heterocycles. The van der Waals surface area contributed by atoms with Gasteiger partial charge < -0.3 is 0 Å². The zero-order valence-electron chi connectivity index (χ0n) is 9.33. The lowest BCUT2D eigenvalue weighted by Crippen LogP contribution is -2.12. The molecule has 17 heavy (non-hydrogen) atoms. The molecule has 0 saturated heterocycles. The fourth-order valence-electron chi connectivity index (χ4n) is 1.72. The Labute approximate surface area is 96.8 Å². The fraction of sp³-hybridized carbons (Fsp3) is 0.636. The third-order valence-corrected chi connectivity index (χ3v) is 2.76. The van der Waals surface area contributed by atoms with Crippen LogP contribution in [0, 0.1) is 17.2 Å². The first-order valence-electron chi connectivity index (χ1n) is 5.46. The molecule has 0 unspecified atom stereocenters. The third-order valence-electron chi connectivity index (χ3n) is 2.76. The largest absolute Gasteiger partial charge is 0.435 e. The van der Waals surface area contributed by atoms with E-state index in [0.717, 1.165) is 18.9 Å². The lowest BCUT2D eigenvalue weighted by molar-refractivity contribution is -0.141. The average molecular weight is 243 g/mol. The lowest BCUT2D eigenvalue weighted by atomic mass is 10.2. The van der Waals surface area contributed by atoms with Crippen molar-refractivity contribution in [3.63, 3.8) is 0 Å². The van der Waals surface area contributed by atoms with Crippen LogP contribution < -0.4 is 0 Å². The van der Waals surface area contributed by atoms with Gasteiger partial charge in [0.05, 0.1) is 18.5 Å². The Morgan fingerprint density at radius 1 is 1.59 bits per heavy atom. The van der Waals surface area contributed by atoms with Crippen LogP contribution in [0.25, 0.3) is 0 Å². The van der Waals surface area contributed by atoms with Crippen LogP contribution in [0.3, 0.4) is 0 Å². The Balaban J connectivity index is 2.29. The van der Waals surface area contributed by atoms with E-state index < -0.39 is 11.9 Å². The van der Waals surface area contributed by atoms with Crippen LogP contribution in [0.15, 0.2) is 6.07 Å². The molecular weight excluding hydrogens is 231 g/mol. The molecule has 1 aliphatic carbocycles. The number of hydrogen-bond donors (Lipinski definition) is 0. The Morgan fingerprint density at radius 2 is 2.24 bits per heavy atom. The van der Waals surface area contributed by atoms with Gasteiger partial charge in [0.2, 0.25) is 0 Å². The van der Waals surface area contributed by atoms with Gasteiger partial charge in [0.15, 0.2) is 5.69 Å². The van der Waals surface area contributed by atoms with Gasteiger partial charge >= 0.3 is 6.18 Å². The van der Waals surface area contributed by atoms with Gasteiger partial charge in [0, 0.05) is 11.6 Å². The maximum Gasteiger partial charge on any atom is 0.435 e. The van der Waals surface area contributed by atoms with E-state index in [1.54, 1.807) is 6.92 Å². The van der Waals surface area contributed by atoms with E-state index in [1.807, 2.05) is 6.07 Å². The third kappa shape index (κ3) is 2.60. The van der Waals surface area contributed by atoms with Crippen LogP contribution in [-0.2, 0) is 12.7 Å². The highest BCUT2D eigenvalue weighted by molar-refractivity contribution is 5.21. The summed E-state index contributed by atoms with van der Waals surface area (Å²) in [4.78, 5) is 0. The average Bonchev–Trinajstić information content (AvgIpc) is 2.99. The van der Waals surface area contributed by atoms with Gasteiger partial charge in [-0.1, -0.05) is 0 Å². The van der Waals surface area contributed by atoms with Crippen molar-refractivity contribution in [2.24, 2.45) is 5.92 Å². The van der Waals surface area contributed by atoms with Gasteiger partial charge in [-0.15, -0.1) is 0 Å². The molecule has 0 aliphatic heterocycles. The summed E-state index contributed by atoms with van der Waals surface area (Å²) in [6.45, 7) is 1.89. The second-order valence-electron chi connectivity index (χ2n) is 4.44. The molecule has 1 fully saturated rings. The van der Waals surface area contributed by atoms with Crippen molar-refractivity contribution < 1.29 is 13.2 Å². The van der Waals surface area contributed by atoms with Crippen LogP contribution in [0.4, 0.5) is 13.2 Å². The maximum atomic E-state index is 12.5. The maximum absolute atomic E-state index is 12.5. The quantitative estimate of drug-likeness (QED) is 0.819. The van der Waals surface area contributed by atoms with Crippen molar-refractivity contribution in [1.82, 2.24) is 9.78 Å². The second-order valence-corrected chi connectivity index (χ2v) is 4.44. The van der Waals surface area contributed by atoms with Crippen LogP contribution in [-0.4, -0.2) is 9.78 Å². The first kappa shape index (κ1) is 12.0. The summed E-state index contributed by atoms with van der Waals surface area (Å²) >= 11 is 0. The zero-order chi connectivity index (χ0) is 12.6. The zero-order valence-corrected chi connectivity index (χ0v) is 9.33. The van der Waals surface area contributed by atoms with Crippen molar-refractivity contribution in [3.05, 3.63) is 17.5 Å². The molecule has 1 aromatic rings. The van der Waals surface area contributed by atoms with Crippen molar-refractivity contribution in [2.75, 3.05) is 0 Å². The molecule has 1 aromatic heterocycles. The highest BCUT2D eigenvalue weighted by Gasteiger charge is 2.37. The van der Waals surface area contributed by atoms with Gasteiger partial charge in [0.1, 0.15) is 0 Å². The summed E-state index contributed by atoms with van der Waals surface area (Å²) < 4.78 is 39.0. The molecule has 0 aromatic carbocycles. The number of alkyl halides is 3. The molecule has 0 spiro atoms. The molecule has 0 N–H and O–H groups in total. The van der Waals surface area contributed by atoms with E-state index in [-0.39, 0.29) is 18.4 Å². The molecule has 1 atom stereocenters. The first-order chi connectivity index (χ1) is 7.91. The van der Waals surface area contributed by atoms with Gasteiger partial charge in [0.25, 0.3) is 0 Å². The van der Waals surface area contributed by atoms with Gasteiger partial charge in [-0.25, -0.2) is 0 Å². The fourth-order valence-corrected chi connectivity index (χ4v) is 1.72. The first-order valence-corrected chi connectivity index (χ1v) is 5.46. The van der Waals surface area contributed by atoms with Gasteiger partial charge in [-0.05, 0) is 25.8 Å². The predicted octanol–water partition coefficient (Wildman–Crippen LogP) is 2.94. The van der Waals surface area contributed by atoms with E-state index in [0.29, 0.717) is 5.69 Å². The van der Waals surface area contributed by atoms with Crippen molar-refractivity contribution in [3.8, 4) is 6.07 Å². The van der Waals surface area contributed by atoms with Gasteiger partial charge in [-0.2, -0.15) is 23.5 Å². The lowest BCUT2D eigenvalue weighted by Gasteiger charge is -2.07. The minimum Gasteiger partial charge on any atom is -0.267 e. The second kappa shape index (κ2) is 4.06. The van der Waals surface area contributed by atoms with Crippen molar-refractivity contribution >= 4 is 0 Å². The Bertz CT molecular complexity index is 452. The number of rotatable bonds is 3. The molecular formula is C11H12F3N3. The minimum absolute atomic E-state index is 0.185. The van der Waals surface area contributed by atoms with Crippen molar-refractivity contribution in [2.45, 2.75) is 38.4 Å².